The van der Waals surface area contributed by atoms with Crippen molar-refractivity contribution in [3.05, 3.63) is 46.0 Å². The van der Waals surface area contributed by atoms with Crippen molar-refractivity contribution in [1.29, 1.82) is 0 Å². The van der Waals surface area contributed by atoms with Gasteiger partial charge in [0.15, 0.2) is 0 Å². The van der Waals surface area contributed by atoms with Crippen LogP contribution in [-0.2, 0) is 4.79 Å². The van der Waals surface area contributed by atoms with Gasteiger partial charge in [-0.2, -0.15) is 0 Å². The highest BCUT2D eigenvalue weighted by Crippen LogP contribution is 2.23. The number of hydrogen-bond acceptors (Lipinski definition) is 4. The second kappa shape index (κ2) is 7.70. The Hall–Kier alpha value is -2.21. The van der Waals surface area contributed by atoms with Crippen molar-refractivity contribution in [3.8, 4) is 0 Å². The van der Waals surface area contributed by atoms with E-state index >= 15 is 0 Å². The van der Waals surface area contributed by atoms with E-state index in [4.69, 9.17) is 5.11 Å². The van der Waals surface area contributed by atoms with Gasteiger partial charge in [0, 0.05) is 30.9 Å². The largest absolute Gasteiger partial charge is 0.396 e. The minimum absolute atomic E-state index is 0.00452. The van der Waals surface area contributed by atoms with E-state index in [2.05, 4.69) is 5.32 Å². The summed E-state index contributed by atoms with van der Waals surface area (Å²) < 4.78 is 0. The third-order valence-electron chi connectivity index (χ3n) is 3.96. The quantitative estimate of drug-likeness (QED) is 0.496. The number of rotatable bonds is 5. The smallest absolute Gasteiger partial charge is 0.270 e. The molecular formula is C16H20N2O4. The molecule has 1 saturated carbocycles. The highest BCUT2D eigenvalue weighted by atomic mass is 16.6. The normalized spacial score (nSPS) is 21.7. The number of aliphatic hydroxyl groups excluding tert-OH is 1. The van der Waals surface area contributed by atoms with Crippen LogP contribution in [0.3, 0.4) is 0 Å². The van der Waals surface area contributed by atoms with Gasteiger partial charge < -0.3 is 10.4 Å². The number of nitrogens with zero attached hydrogens (tertiary/aromatic N) is 1. The van der Waals surface area contributed by atoms with Gasteiger partial charge >= 0.3 is 0 Å². The predicted octanol–water partition coefficient (Wildman–Crippen LogP) is 2.28. The van der Waals surface area contributed by atoms with E-state index in [0.29, 0.717) is 11.5 Å². The lowest BCUT2D eigenvalue weighted by molar-refractivity contribution is -0.384. The first-order valence-corrected chi connectivity index (χ1v) is 7.42. The Balaban J connectivity index is 1.86. The van der Waals surface area contributed by atoms with Crippen molar-refractivity contribution >= 4 is 17.7 Å². The molecule has 0 heterocycles. The zero-order valence-corrected chi connectivity index (χ0v) is 12.3. The fourth-order valence-corrected chi connectivity index (χ4v) is 2.65. The Bertz CT molecular complexity index is 563. The van der Waals surface area contributed by atoms with Gasteiger partial charge in [0.2, 0.25) is 5.91 Å². The number of hydrogen-bond donors (Lipinski definition) is 2. The fraction of sp³-hybridized carbons (Fsp3) is 0.438. The van der Waals surface area contributed by atoms with Gasteiger partial charge in [-0.3, -0.25) is 14.9 Å². The number of carbonyl (C=O) groups excluding carboxylic acids is 1. The molecule has 1 amide bonds. The molecule has 22 heavy (non-hydrogen) atoms. The average molecular weight is 304 g/mol. The van der Waals surface area contributed by atoms with Gasteiger partial charge in [-0.1, -0.05) is 12.1 Å². The SMILES string of the molecule is O=C(/C=C/c1cccc([N+](=O)[O-])c1)NC1CCC(CO)CC1. The molecule has 6 heteroatoms. The Morgan fingerprint density at radius 1 is 1.36 bits per heavy atom. The second-order valence-electron chi connectivity index (χ2n) is 5.59. The molecule has 6 nitrogen and oxygen atoms in total. The van der Waals surface area contributed by atoms with Gasteiger partial charge in [-0.25, -0.2) is 0 Å². The van der Waals surface area contributed by atoms with E-state index in [9.17, 15) is 14.9 Å². The van der Waals surface area contributed by atoms with Crippen molar-refractivity contribution in [2.24, 2.45) is 5.92 Å². The molecule has 1 aromatic carbocycles. The zero-order chi connectivity index (χ0) is 15.9. The number of nitro groups is 1. The molecule has 0 aliphatic heterocycles. The van der Waals surface area contributed by atoms with E-state index < -0.39 is 4.92 Å². The molecule has 0 bridgehead atoms. The first-order chi connectivity index (χ1) is 10.6. The molecule has 0 spiro atoms. The van der Waals surface area contributed by atoms with Crippen LogP contribution in [-0.4, -0.2) is 28.6 Å². The van der Waals surface area contributed by atoms with Gasteiger partial charge in [0.1, 0.15) is 0 Å². The Kier molecular flexibility index (Phi) is 5.66. The topological polar surface area (TPSA) is 92.5 Å². The number of benzene rings is 1. The number of nitro benzene ring substituents is 1. The first kappa shape index (κ1) is 16.2. The van der Waals surface area contributed by atoms with Crippen molar-refractivity contribution < 1.29 is 14.8 Å². The average Bonchev–Trinajstić information content (AvgIpc) is 2.54. The molecule has 0 atom stereocenters. The standard InChI is InChI=1S/C16H20N2O4/c19-11-13-4-7-14(8-5-13)17-16(20)9-6-12-2-1-3-15(10-12)18(21)22/h1-3,6,9-10,13-14,19H,4-5,7-8,11H2,(H,17,20)/b9-6+. The van der Waals surface area contributed by atoms with Crippen LogP contribution in [0.15, 0.2) is 30.3 Å². The van der Waals surface area contributed by atoms with Crippen molar-refractivity contribution in [2.45, 2.75) is 31.7 Å². The number of non-ortho nitro benzene ring substituents is 1. The Morgan fingerprint density at radius 3 is 2.73 bits per heavy atom. The molecule has 1 aliphatic carbocycles. The summed E-state index contributed by atoms with van der Waals surface area (Å²) in [5.74, 6) is 0.160. The first-order valence-electron chi connectivity index (χ1n) is 7.42. The van der Waals surface area contributed by atoms with Crippen LogP contribution in [0.5, 0.6) is 0 Å². The summed E-state index contributed by atoms with van der Waals surface area (Å²) >= 11 is 0. The number of amides is 1. The van der Waals surface area contributed by atoms with Gasteiger partial charge in [0.25, 0.3) is 5.69 Å². The summed E-state index contributed by atoms with van der Waals surface area (Å²) in [6.45, 7) is 0.216. The van der Waals surface area contributed by atoms with Crippen molar-refractivity contribution in [2.75, 3.05) is 6.61 Å². The summed E-state index contributed by atoms with van der Waals surface area (Å²) in [5.41, 5.74) is 0.623. The van der Waals surface area contributed by atoms with Crippen molar-refractivity contribution in [1.82, 2.24) is 5.32 Å². The lowest BCUT2D eigenvalue weighted by Crippen LogP contribution is -2.37. The summed E-state index contributed by atoms with van der Waals surface area (Å²) in [5, 5.41) is 22.7. The molecule has 118 valence electrons. The van der Waals surface area contributed by atoms with E-state index in [-0.39, 0.29) is 24.2 Å². The fourth-order valence-electron chi connectivity index (χ4n) is 2.65. The molecule has 2 rings (SSSR count). The van der Waals surface area contributed by atoms with Crippen LogP contribution in [0.2, 0.25) is 0 Å². The number of nitrogens with one attached hydrogen (secondary N) is 1. The molecule has 0 radical (unpaired) electrons. The zero-order valence-electron chi connectivity index (χ0n) is 12.3. The summed E-state index contributed by atoms with van der Waals surface area (Å²) in [6.07, 6.45) is 6.58. The molecule has 2 N–H and O–H groups in total. The third-order valence-corrected chi connectivity index (χ3v) is 3.96. The van der Waals surface area contributed by atoms with E-state index in [1.165, 1.54) is 18.2 Å². The predicted molar refractivity (Wildman–Crippen MR) is 83.1 cm³/mol. The number of carbonyl (C=O) groups is 1. The molecular weight excluding hydrogens is 284 g/mol. The summed E-state index contributed by atoms with van der Waals surface area (Å²) in [7, 11) is 0. The van der Waals surface area contributed by atoms with Crippen LogP contribution >= 0.6 is 0 Å². The van der Waals surface area contributed by atoms with Gasteiger partial charge in [-0.15, -0.1) is 0 Å². The van der Waals surface area contributed by atoms with Crippen LogP contribution in [0.25, 0.3) is 6.08 Å². The maximum Gasteiger partial charge on any atom is 0.270 e. The minimum Gasteiger partial charge on any atom is -0.396 e. The third kappa shape index (κ3) is 4.66. The van der Waals surface area contributed by atoms with E-state index in [1.807, 2.05) is 0 Å². The van der Waals surface area contributed by atoms with Crippen LogP contribution in [0.1, 0.15) is 31.2 Å². The molecule has 0 saturated heterocycles. The lowest BCUT2D eigenvalue weighted by Gasteiger charge is -2.27. The summed E-state index contributed by atoms with van der Waals surface area (Å²) in [6, 6.07) is 6.28. The molecule has 0 aromatic heterocycles. The monoisotopic (exact) mass is 304 g/mol. The van der Waals surface area contributed by atoms with Crippen LogP contribution in [0.4, 0.5) is 5.69 Å². The molecule has 1 fully saturated rings. The van der Waals surface area contributed by atoms with Crippen LogP contribution in [0, 0.1) is 16.0 Å². The molecule has 1 aromatic rings. The Morgan fingerprint density at radius 2 is 2.09 bits per heavy atom. The maximum atomic E-state index is 11.9. The van der Waals surface area contributed by atoms with E-state index in [1.54, 1.807) is 18.2 Å². The summed E-state index contributed by atoms with van der Waals surface area (Å²) in [4.78, 5) is 22.1. The Labute approximate surface area is 129 Å². The number of aliphatic hydroxyl groups is 1. The molecule has 1 aliphatic rings. The van der Waals surface area contributed by atoms with E-state index in [0.717, 1.165) is 25.7 Å². The second-order valence-corrected chi connectivity index (χ2v) is 5.59. The van der Waals surface area contributed by atoms with Gasteiger partial charge in [-0.05, 0) is 43.2 Å². The maximum absolute atomic E-state index is 11.9. The highest BCUT2D eigenvalue weighted by Gasteiger charge is 2.21. The van der Waals surface area contributed by atoms with Crippen molar-refractivity contribution in [3.63, 3.8) is 0 Å². The minimum atomic E-state index is -0.461. The van der Waals surface area contributed by atoms with Crippen LogP contribution < -0.4 is 5.32 Å². The molecule has 0 unspecified atom stereocenters. The highest BCUT2D eigenvalue weighted by molar-refractivity contribution is 5.92. The lowest BCUT2D eigenvalue weighted by atomic mass is 9.86. The van der Waals surface area contributed by atoms with Gasteiger partial charge in [0.05, 0.1) is 4.92 Å².